The zero-order chi connectivity index (χ0) is 44.1. The number of carbonyl (C=O) groups is 4. The van der Waals surface area contributed by atoms with Gasteiger partial charge in [0.2, 0.25) is 5.91 Å². The summed E-state index contributed by atoms with van der Waals surface area (Å²) < 4.78 is 22.6. The number of benzene rings is 3. The predicted octanol–water partition coefficient (Wildman–Crippen LogP) is 7.36. The number of aromatic nitrogens is 4. The van der Waals surface area contributed by atoms with Gasteiger partial charge >= 0.3 is 12.2 Å². The van der Waals surface area contributed by atoms with Crippen molar-refractivity contribution in [3.05, 3.63) is 95.3 Å². The number of rotatable bonds is 10. The van der Waals surface area contributed by atoms with Gasteiger partial charge in [-0.25, -0.2) is 19.6 Å². The normalized spacial score (nSPS) is 20.6. The predicted molar refractivity (Wildman–Crippen MR) is 231 cm³/mol. The topological polar surface area (TPSA) is 193 Å². The zero-order valence-corrected chi connectivity index (χ0v) is 36.2. The minimum atomic E-state index is -0.918. The van der Waals surface area contributed by atoms with Crippen LogP contribution in [0.15, 0.2) is 67.0 Å². The molecule has 328 valence electrons. The molecule has 0 radical (unpaired) electrons. The highest BCUT2D eigenvalue weighted by atomic mass is 16.5. The summed E-state index contributed by atoms with van der Waals surface area (Å²) in [5.74, 6) is 2.52. The quantitative estimate of drug-likeness (QED) is 0.110. The van der Waals surface area contributed by atoms with Crippen molar-refractivity contribution in [1.82, 2.24) is 40.4 Å². The van der Waals surface area contributed by atoms with Gasteiger partial charge in [-0.2, -0.15) is 0 Å². The van der Waals surface area contributed by atoms with Gasteiger partial charge < -0.3 is 49.3 Å². The molecule has 0 saturated carbocycles. The zero-order valence-electron chi connectivity index (χ0n) is 36.2. The Labute approximate surface area is 365 Å². The maximum absolute atomic E-state index is 14.2. The summed E-state index contributed by atoms with van der Waals surface area (Å²) >= 11 is 0. The SMILES string of the molecule is COC(=O)NC(C(=O)N1C[C@@H](C)C[C@H]1c1ncc(-c2cc3c4c(c2)OCc2cc(-c5cnc(C6CC[C@H](C)N6C(=O)[C@@H](NC(=O)OC)C(C)C)[nH]5)cc(c2-4)OC3)[nH]1)c1ccccc1. The smallest absolute Gasteiger partial charge is 0.407 e. The molecule has 4 aliphatic rings. The highest BCUT2D eigenvalue weighted by molar-refractivity contribution is 5.90. The Bertz CT molecular complexity index is 2520. The first kappa shape index (κ1) is 41.5. The fourth-order valence-corrected chi connectivity index (χ4v) is 9.60. The molecule has 2 aromatic heterocycles. The fourth-order valence-electron chi connectivity index (χ4n) is 9.60. The average molecular weight is 857 g/mol. The van der Waals surface area contributed by atoms with E-state index in [4.69, 9.17) is 28.9 Å². The number of hydrogen-bond acceptors (Lipinski definition) is 10. The van der Waals surface area contributed by atoms with Crippen molar-refractivity contribution in [2.24, 2.45) is 11.8 Å². The van der Waals surface area contributed by atoms with Crippen molar-refractivity contribution in [2.75, 3.05) is 20.8 Å². The number of nitrogens with one attached hydrogen (secondary N) is 4. The number of imidazole rings is 2. The Kier molecular flexibility index (Phi) is 11.1. The van der Waals surface area contributed by atoms with Crippen LogP contribution in [-0.2, 0) is 32.3 Å². The standard InChI is InChI=1S/C47H52N8O8/c1-24(2)40(52-46(58)60-5)45(57)55-26(4)12-13-34(55)42-48-19-32(50-42)28-15-30-22-63-37-18-29(16-31-23-62-36(17-28)38(30)39(31)37)33-20-49-43(51-33)35-14-25(3)21-54(35)44(56)41(53-47(59)61-6)27-10-8-7-9-11-27/h7-11,15-20,24-26,34-35,40-41H,12-14,21-23H2,1-6H3,(H,48,50)(H,49,51)(H,52,58)(H,53,59)/t25-,26-,34?,35-,40-,41?/m0/s1. The molecular weight excluding hydrogens is 805 g/mol. The maximum atomic E-state index is 14.2. The molecule has 5 aromatic rings. The van der Waals surface area contributed by atoms with E-state index in [-0.39, 0.29) is 41.8 Å². The molecule has 2 fully saturated rings. The second kappa shape index (κ2) is 16.8. The first-order valence-electron chi connectivity index (χ1n) is 21.5. The van der Waals surface area contributed by atoms with Crippen LogP contribution in [0.3, 0.4) is 0 Å². The lowest BCUT2D eigenvalue weighted by Gasteiger charge is -2.33. The van der Waals surface area contributed by atoms with Gasteiger partial charge in [0, 0.05) is 46.0 Å². The van der Waals surface area contributed by atoms with Crippen LogP contribution in [-0.4, -0.2) is 86.6 Å². The van der Waals surface area contributed by atoms with Gasteiger partial charge in [-0.1, -0.05) is 51.1 Å². The van der Waals surface area contributed by atoms with E-state index in [1.807, 2.05) is 68.1 Å². The lowest BCUT2D eigenvalue weighted by molar-refractivity contribution is -0.137. The number of amides is 4. The lowest BCUT2D eigenvalue weighted by atomic mass is 9.87. The van der Waals surface area contributed by atoms with Crippen LogP contribution in [0.4, 0.5) is 9.59 Å². The summed E-state index contributed by atoms with van der Waals surface area (Å²) in [7, 11) is 2.57. The van der Waals surface area contributed by atoms with Gasteiger partial charge in [0.05, 0.1) is 50.1 Å². The number of methoxy groups -OCH3 is 2. The molecule has 4 aliphatic heterocycles. The van der Waals surface area contributed by atoms with E-state index in [1.165, 1.54) is 14.2 Å². The minimum Gasteiger partial charge on any atom is -0.488 e. The van der Waals surface area contributed by atoms with Crippen LogP contribution in [0.5, 0.6) is 11.5 Å². The first-order chi connectivity index (χ1) is 30.4. The molecule has 2 unspecified atom stereocenters. The Morgan fingerprint density at radius 3 is 1.90 bits per heavy atom. The van der Waals surface area contributed by atoms with Gasteiger partial charge in [0.15, 0.2) is 0 Å². The molecule has 0 spiro atoms. The third kappa shape index (κ3) is 7.71. The van der Waals surface area contributed by atoms with Crippen LogP contribution in [0.25, 0.3) is 33.6 Å². The summed E-state index contributed by atoms with van der Waals surface area (Å²) in [4.78, 5) is 72.8. The number of nitrogens with zero attached hydrogens (tertiary/aromatic N) is 4. The molecule has 0 aliphatic carbocycles. The van der Waals surface area contributed by atoms with Gasteiger partial charge in [0.25, 0.3) is 5.91 Å². The molecule has 16 heteroatoms. The monoisotopic (exact) mass is 856 g/mol. The number of ether oxygens (including phenoxy) is 4. The van der Waals surface area contributed by atoms with E-state index < -0.39 is 24.3 Å². The van der Waals surface area contributed by atoms with Crippen molar-refractivity contribution < 1.29 is 38.1 Å². The summed E-state index contributed by atoms with van der Waals surface area (Å²) in [5.41, 5.74) is 7.98. The van der Waals surface area contributed by atoms with Crippen LogP contribution in [0.2, 0.25) is 0 Å². The maximum Gasteiger partial charge on any atom is 0.407 e. The number of hydrogen-bond donors (Lipinski definition) is 4. The summed E-state index contributed by atoms with van der Waals surface area (Å²) in [6.07, 6.45) is 4.51. The largest absolute Gasteiger partial charge is 0.488 e. The molecule has 63 heavy (non-hydrogen) atoms. The van der Waals surface area contributed by atoms with Crippen LogP contribution < -0.4 is 20.1 Å². The average Bonchev–Trinajstić information content (AvgIpc) is 4.13. The highest BCUT2D eigenvalue weighted by Crippen LogP contribution is 2.51. The Morgan fingerprint density at radius 2 is 1.33 bits per heavy atom. The number of alkyl carbamates (subject to hydrolysis) is 2. The van der Waals surface area contributed by atoms with Gasteiger partial charge in [0.1, 0.15) is 48.4 Å². The van der Waals surface area contributed by atoms with Crippen molar-refractivity contribution in [1.29, 1.82) is 0 Å². The van der Waals surface area contributed by atoms with Crippen molar-refractivity contribution in [3.8, 4) is 45.1 Å². The number of carbonyl (C=O) groups excluding carboxylic acids is 4. The molecule has 3 aromatic carbocycles. The Morgan fingerprint density at radius 1 is 0.762 bits per heavy atom. The number of likely N-dealkylation sites (tertiary alicyclic amines) is 2. The Balaban J connectivity index is 0.954. The van der Waals surface area contributed by atoms with Gasteiger partial charge in [-0.3, -0.25) is 9.59 Å². The second-order valence-corrected chi connectivity index (χ2v) is 17.3. The molecule has 9 rings (SSSR count). The molecule has 6 atom stereocenters. The third-order valence-corrected chi connectivity index (χ3v) is 12.8. The molecular formula is C47H52N8O8. The minimum absolute atomic E-state index is 0.0331. The van der Waals surface area contributed by atoms with Crippen molar-refractivity contribution in [3.63, 3.8) is 0 Å². The summed E-state index contributed by atoms with van der Waals surface area (Å²) in [6, 6.07) is 15.1. The van der Waals surface area contributed by atoms with E-state index in [0.29, 0.717) is 43.4 Å². The van der Waals surface area contributed by atoms with E-state index in [0.717, 1.165) is 69.1 Å². The third-order valence-electron chi connectivity index (χ3n) is 12.8. The molecule has 0 bridgehead atoms. The number of aromatic amines is 2. The molecule has 6 heterocycles. The first-order valence-corrected chi connectivity index (χ1v) is 21.5. The van der Waals surface area contributed by atoms with Crippen LogP contribution in [0.1, 0.15) is 93.4 Å². The summed E-state index contributed by atoms with van der Waals surface area (Å²) in [6.45, 7) is 9.10. The van der Waals surface area contributed by atoms with Crippen molar-refractivity contribution in [2.45, 2.75) is 90.4 Å². The lowest BCUT2D eigenvalue weighted by Crippen LogP contribution is -2.52. The van der Waals surface area contributed by atoms with E-state index >= 15 is 0 Å². The number of H-pyrrole nitrogens is 2. The molecule has 2 saturated heterocycles. The second-order valence-electron chi connectivity index (χ2n) is 17.3. The molecule has 4 N–H and O–H groups in total. The Hall–Kier alpha value is -6.84. The fraction of sp³-hybridized carbons (Fsp3) is 0.404. The van der Waals surface area contributed by atoms with Gasteiger partial charge in [-0.05, 0) is 67.9 Å². The molecule has 16 nitrogen and oxygen atoms in total. The molecule has 4 amide bonds. The van der Waals surface area contributed by atoms with E-state index in [1.54, 1.807) is 17.3 Å². The van der Waals surface area contributed by atoms with E-state index in [9.17, 15) is 19.2 Å². The van der Waals surface area contributed by atoms with Crippen LogP contribution in [0, 0.1) is 11.8 Å². The van der Waals surface area contributed by atoms with Gasteiger partial charge in [-0.15, -0.1) is 0 Å². The summed E-state index contributed by atoms with van der Waals surface area (Å²) in [5, 5.41) is 5.46. The van der Waals surface area contributed by atoms with Crippen LogP contribution >= 0.6 is 0 Å². The van der Waals surface area contributed by atoms with Crippen molar-refractivity contribution >= 4 is 24.0 Å². The highest BCUT2D eigenvalue weighted by Gasteiger charge is 2.42. The van der Waals surface area contributed by atoms with E-state index in [2.05, 4.69) is 39.7 Å².